The smallest absolute Gasteiger partial charge is 0.463 e. The summed E-state index contributed by atoms with van der Waals surface area (Å²) in [5.41, 5.74) is 0. The molecule has 0 saturated carbocycles. The van der Waals surface area contributed by atoms with E-state index in [-0.39, 0.29) is 5.97 Å². The maximum absolute atomic E-state index is 11.2. The van der Waals surface area contributed by atoms with Gasteiger partial charge in [0.05, 0.1) is 6.61 Å². The zero-order valence-electron chi connectivity index (χ0n) is 19.7. The van der Waals surface area contributed by atoms with Crippen LogP contribution in [-0.4, -0.2) is 77.1 Å². The molecule has 0 radical (unpaired) electrons. The zero-order chi connectivity index (χ0) is 23.3. The van der Waals surface area contributed by atoms with Crippen LogP contribution in [0.4, 0.5) is 0 Å². The van der Waals surface area contributed by atoms with Gasteiger partial charge in [0, 0.05) is 59.3 Å². The molecule has 0 spiro atoms. The van der Waals surface area contributed by atoms with Crippen molar-refractivity contribution < 1.29 is 36.1 Å². The Morgan fingerprint density at radius 2 is 1.30 bits per heavy atom. The van der Waals surface area contributed by atoms with Crippen LogP contribution in [0.2, 0.25) is 12.1 Å². The lowest BCUT2D eigenvalue weighted by atomic mass is 10.5. The highest BCUT2D eigenvalue weighted by Gasteiger charge is 2.39. The molecule has 0 rings (SSSR count). The Bertz CT molecular complexity index is 411. The van der Waals surface area contributed by atoms with Gasteiger partial charge in [-0.1, -0.05) is 6.08 Å². The Kier molecular flexibility index (Phi) is 22.0. The molecule has 30 heavy (non-hydrogen) atoms. The molecule has 0 aliphatic carbocycles. The fourth-order valence-electron chi connectivity index (χ4n) is 2.50. The van der Waals surface area contributed by atoms with E-state index in [1.54, 1.807) is 34.3 Å². The normalized spacial score (nSPS) is 12.0. The van der Waals surface area contributed by atoms with E-state index in [4.69, 9.17) is 31.3 Å². The molecule has 8 nitrogen and oxygen atoms in total. The van der Waals surface area contributed by atoms with Gasteiger partial charge >= 0.3 is 23.6 Å². The first-order chi connectivity index (χ1) is 14.4. The van der Waals surface area contributed by atoms with E-state index in [1.165, 1.54) is 6.08 Å². The summed E-state index contributed by atoms with van der Waals surface area (Å²) in [6.07, 6.45) is 4.70. The molecule has 0 heterocycles. The summed E-state index contributed by atoms with van der Waals surface area (Å²) in [6.45, 7) is 9.58. The second-order valence-corrected chi connectivity index (χ2v) is 12.1. The molecule has 0 amide bonds. The van der Waals surface area contributed by atoms with Gasteiger partial charge in [-0.25, -0.2) is 4.79 Å². The van der Waals surface area contributed by atoms with Crippen molar-refractivity contribution in [3.05, 3.63) is 12.2 Å². The first-order valence-corrected chi connectivity index (χ1v) is 14.9. The predicted molar refractivity (Wildman–Crippen MR) is 126 cm³/mol. The Labute approximate surface area is 190 Å². The lowest BCUT2D eigenvalue weighted by Crippen LogP contribution is -2.46. The molecule has 0 N–H and O–H groups in total. The number of carbonyl (C=O) groups is 1. The Balaban J connectivity index is 0. The average molecular weight is 487 g/mol. The van der Waals surface area contributed by atoms with Crippen molar-refractivity contribution in [2.75, 3.05) is 53.5 Å². The van der Waals surface area contributed by atoms with Gasteiger partial charge < -0.3 is 31.3 Å². The van der Waals surface area contributed by atoms with Crippen LogP contribution in [0.1, 0.15) is 40.5 Å². The monoisotopic (exact) mass is 486 g/mol. The third-order valence-corrected chi connectivity index (χ3v) is 10.1. The highest BCUT2D eigenvalue weighted by atomic mass is 32.1. The molecule has 0 atom stereocenters. The number of carbonyl (C=O) groups excluding carboxylic acids is 1. The molecule has 0 fully saturated rings. The molecule has 0 saturated heterocycles. The van der Waals surface area contributed by atoms with Gasteiger partial charge in [0.15, 0.2) is 0 Å². The first-order valence-electron chi connectivity index (χ1n) is 10.4. The van der Waals surface area contributed by atoms with Crippen LogP contribution >= 0.6 is 12.6 Å². The lowest BCUT2D eigenvalue weighted by molar-refractivity contribution is -0.137. The standard InChI is InChI=1S/C13H26O5Si.C6H16O3SSi/c1-5-10-13(14)15-11-9-12-19(16-6-2,17-7-3)18-8-4;1-7-11(8-2,9-3)6-4-5-10/h5,10H,6-9,11-12H2,1-4H3;10H,4-6H2,1-3H3. The highest BCUT2D eigenvalue weighted by Crippen LogP contribution is 2.18. The van der Waals surface area contributed by atoms with Crippen LogP contribution in [0.3, 0.4) is 0 Å². The SMILES string of the molecule is CC=CC(=O)OCCC[Si](OCC)(OCC)OCC.CO[Si](CCCS)(OC)OC. The summed E-state index contributed by atoms with van der Waals surface area (Å²) in [5, 5.41) is 0. The van der Waals surface area contributed by atoms with Gasteiger partial charge in [-0.2, -0.15) is 12.6 Å². The van der Waals surface area contributed by atoms with Crippen molar-refractivity contribution in [1.29, 1.82) is 0 Å². The second-order valence-electron chi connectivity index (χ2n) is 5.88. The van der Waals surface area contributed by atoms with Crippen LogP contribution in [0, 0.1) is 0 Å². The quantitative estimate of drug-likeness (QED) is 0.109. The van der Waals surface area contributed by atoms with E-state index >= 15 is 0 Å². The van der Waals surface area contributed by atoms with Crippen molar-refractivity contribution in [1.82, 2.24) is 0 Å². The van der Waals surface area contributed by atoms with Crippen molar-refractivity contribution in [3.8, 4) is 0 Å². The predicted octanol–water partition coefficient (Wildman–Crippen LogP) is 3.73. The summed E-state index contributed by atoms with van der Waals surface area (Å²) >= 11 is 4.10. The summed E-state index contributed by atoms with van der Waals surface area (Å²) in [5.74, 6) is 0.518. The van der Waals surface area contributed by atoms with Gasteiger partial charge in [-0.05, 0) is 46.3 Å². The van der Waals surface area contributed by atoms with Gasteiger partial charge in [0.2, 0.25) is 0 Å². The highest BCUT2D eigenvalue weighted by molar-refractivity contribution is 7.80. The third-order valence-electron chi connectivity index (χ3n) is 3.84. The van der Waals surface area contributed by atoms with Crippen LogP contribution in [0.5, 0.6) is 0 Å². The number of esters is 1. The minimum absolute atomic E-state index is 0.320. The van der Waals surface area contributed by atoms with Crippen molar-refractivity contribution >= 4 is 36.2 Å². The molecule has 0 aliphatic rings. The van der Waals surface area contributed by atoms with Crippen LogP contribution in [-0.2, 0) is 36.1 Å². The number of thiol groups is 1. The molecule has 0 bridgehead atoms. The zero-order valence-corrected chi connectivity index (χ0v) is 22.6. The van der Waals surface area contributed by atoms with Gasteiger partial charge in [0.25, 0.3) is 0 Å². The van der Waals surface area contributed by atoms with Crippen molar-refractivity contribution in [2.45, 2.75) is 52.6 Å². The second kappa shape index (κ2) is 20.6. The average Bonchev–Trinajstić information content (AvgIpc) is 2.74. The van der Waals surface area contributed by atoms with Crippen LogP contribution < -0.4 is 0 Å². The van der Waals surface area contributed by atoms with Gasteiger partial charge in [-0.3, -0.25) is 0 Å². The maximum Gasteiger partial charge on any atom is 0.501 e. The van der Waals surface area contributed by atoms with E-state index in [0.29, 0.717) is 38.9 Å². The Morgan fingerprint density at radius 3 is 1.67 bits per heavy atom. The number of rotatable bonds is 17. The number of hydrogen-bond acceptors (Lipinski definition) is 9. The molecule has 0 unspecified atom stereocenters. The van der Waals surface area contributed by atoms with E-state index < -0.39 is 17.6 Å². The summed E-state index contributed by atoms with van der Waals surface area (Å²) in [6, 6.07) is 1.49. The molecule has 0 aromatic carbocycles. The van der Waals surface area contributed by atoms with E-state index in [1.807, 2.05) is 20.8 Å². The number of hydrogen-bond donors (Lipinski definition) is 1. The Morgan fingerprint density at radius 1 is 0.833 bits per heavy atom. The van der Waals surface area contributed by atoms with E-state index in [9.17, 15) is 4.79 Å². The number of ether oxygens (including phenoxy) is 1. The molecule has 0 aromatic heterocycles. The first kappa shape index (κ1) is 31.9. The minimum atomic E-state index is -2.60. The fourth-order valence-corrected chi connectivity index (χ4v) is 7.26. The van der Waals surface area contributed by atoms with Gasteiger partial charge in [-0.15, -0.1) is 0 Å². The maximum atomic E-state index is 11.2. The van der Waals surface area contributed by atoms with Crippen LogP contribution in [0.25, 0.3) is 0 Å². The summed E-state index contributed by atoms with van der Waals surface area (Å²) in [4.78, 5) is 11.2. The number of allylic oxidation sites excluding steroid dienone is 1. The third kappa shape index (κ3) is 14.7. The molecule has 0 aliphatic heterocycles. The van der Waals surface area contributed by atoms with E-state index in [0.717, 1.165) is 18.2 Å². The largest absolute Gasteiger partial charge is 0.501 e. The topological polar surface area (TPSA) is 81.7 Å². The van der Waals surface area contributed by atoms with Crippen LogP contribution in [0.15, 0.2) is 12.2 Å². The molecular formula is C19H42O8SSi2. The fraction of sp³-hybridized carbons (Fsp3) is 0.842. The summed E-state index contributed by atoms with van der Waals surface area (Å²) < 4.78 is 37.8. The minimum Gasteiger partial charge on any atom is -0.463 e. The van der Waals surface area contributed by atoms with E-state index in [2.05, 4.69) is 12.6 Å². The van der Waals surface area contributed by atoms with Crippen molar-refractivity contribution in [3.63, 3.8) is 0 Å². The van der Waals surface area contributed by atoms with Gasteiger partial charge in [0.1, 0.15) is 0 Å². The summed E-state index contributed by atoms with van der Waals surface area (Å²) in [7, 11) is -0.0143. The Hall–Kier alpha value is -0.246. The molecule has 180 valence electrons. The molecule has 11 heteroatoms. The van der Waals surface area contributed by atoms with Crippen molar-refractivity contribution in [2.24, 2.45) is 0 Å². The molecular weight excluding hydrogens is 444 g/mol. The molecule has 0 aromatic rings. The lowest BCUT2D eigenvalue weighted by Gasteiger charge is -2.28.